The lowest BCUT2D eigenvalue weighted by molar-refractivity contribution is 0.0457. The number of esters is 1. The minimum Gasteiger partial charge on any atom is -0.493 e. The minimum atomic E-state index is -0.540. The van der Waals surface area contributed by atoms with Crippen molar-refractivity contribution in [3.8, 4) is 11.4 Å². The van der Waals surface area contributed by atoms with Crippen LogP contribution < -0.4 is 4.74 Å². The normalized spacial score (nSPS) is 10.5. The lowest BCUT2D eigenvalue weighted by Gasteiger charge is -2.02. The molecule has 2 aromatic heterocycles. The van der Waals surface area contributed by atoms with E-state index in [1.807, 2.05) is 42.6 Å². The number of benzene rings is 1. The SMILES string of the molecule is COc1cn(-c2ccccc2)nc1C(=O)OCc1csc(C)n1. The third-order valence-corrected chi connectivity index (χ3v) is 3.95. The van der Waals surface area contributed by atoms with E-state index in [-0.39, 0.29) is 12.3 Å². The summed E-state index contributed by atoms with van der Waals surface area (Å²) >= 11 is 1.51. The van der Waals surface area contributed by atoms with Gasteiger partial charge >= 0.3 is 5.97 Å². The second-order valence-electron chi connectivity index (χ2n) is 4.76. The van der Waals surface area contributed by atoms with Crippen molar-refractivity contribution in [3.63, 3.8) is 0 Å². The molecule has 0 fully saturated rings. The first-order chi connectivity index (χ1) is 11.2. The van der Waals surface area contributed by atoms with Crippen LogP contribution in [-0.4, -0.2) is 27.8 Å². The quantitative estimate of drug-likeness (QED) is 0.673. The Balaban J connectivity index is 1.78. The van der Waals surface area contributed by atoms with E-state index in [0.29, 0.717) is 5.75 Å². The van der Waals surface area contributed by atoms with Gasteiger partial charge < -0.3 is 9.47 Å². The maximum Gasteiger partial charge on any atom is 0.363 e. The summed E-state index contributed by atoms with van der Waals surface area (Å²) in [5.74, 6) is -0.171. The van der Waals surface area contributed by atoms with Gasteiger partial charge in [0.15, 0.2) is 5.75 Å². The van der Waals surface area contributed by atoms with E-state index in [1.54, 1.807) is 10.9 Å². The van der Waals surface area contributed by atoms with Crippen molar-refractivity contribution in [3.05, 3.63) is 58.3 Å². The molecule has 118 valence electrons. The number of hydrogen-bond acceptors (Lipinski definition) is 6. The van der Waals surface area contributed by atoms with Gasteiger partial charge in [0.05, 0.1) is 29.7 Å². The summed E-state index contributed by atoms with van der Waals surface area (Å²) in [4.78, 5) is 16.5. The summed E-state index contributed by atoms with van der Waals surface area (Å²) < 4.78 is 12.1. The molecule has 0 radical (unpaired) electrons. The molecule has 23 heavy (non-hydrogen) atoms. The highest BCUT2D eigenvalue weighted by molar-refractivity contribution is 7.09. The van der Waals surface area contributed by atoms with Gasteiger partial charge in [-0.25, -0.2) is 14.5 Å². The van der Waals surface area contributed by atoms with Crippen molar-refractivity contribution in [2.45, 2.75) is 13.5 Å². The van der Waals surface area contributed by atoms with Crippen molar-refractivity contribution in [1.29, 1.82) is 0 Å². The second kappa shape index (κ2) is 6.62. The highest BCUT2D eigenvalue weighted by atomic mass is 32.1. The predicted molar refractivity (Wildman–Crippen MR) is 86.1 cm³/mol. The molecule has 0 aliphatic heterocycles. The standard InChI is InChI=1S/C16H15N3O3S/c1-11-17-12(10-23-11)9-22-16(20)15-14(21-2)8-19(18-15)13-6-4-3-5-7-13/h3-8,10H,9H2,1-2H3. The first-order valence-electron chi connectivity index (χ1n) is 6.94. The maximum atomic E-state index is 12.2. The Kier molecular flexibility index (Phi) is 4.38. The topological polar surface area (TPSA) is 66.2 Å². The number of nitrogens with zero attached hydrogens (tertiary/aromatic N) is 3. The van der Waals surface area contributed by atoms with Gasteiger partial charge in [0, 0.05) is 5.38 Å². The lowest BCUT2D eigenvalue weighted by atomic mass is 10.3. The molecule has 0 N–H and O–H groups in total. The predicted octanol–water partition coefficient (Wildman–Crippen LogP) is 3.00. The van der Waals surface area contributed by atoms with Crippen LogP contribution in [0.5, 0.6) is 5.75 Å². The minimum absolute atomic E-state index is 0.116. The Morgan fingerprint density at radius 1 is 1.30 bits per heavy atom. The average Bonchev–Trinajstić information content (AvgIpc) is 3.19. The molecule has 3 rings (SSSR count). The van der Waals surface area contributed by atoms with Crippen molar-refractivity contribution in [1.82, 2.24) is 14.8 Å². The third kappa shape index (κ3) is 3.40. The molecule has 0 saturated heterocycles. The van der Waals surface area contributed by atoms with Crippen molar-refractivity contribution >= 4 is 17.3 Å². The van der Waals surface area contributed by atoms with E-state index >= 15 is 0 Å². The number of methoxy groups -OCH3 is 1. The molecule has 0 spiro atoms. The average molecular weight is 329 g/mol. The summed E-state index contributed by atoms with van der Waals surface area (Å²) in [6.07, 6.45) is 1.65. The lowest BCUT2D eigenvalue weighted by Crippen LogP contribution is -2.08. The Morgan fingerprint density at radius 2 is 2.09 bits per heavy atom. The third-order valence-electron chi connectivity index (χ3n) is 3.13. The molecule has 0 unspecified atom stereocenters. The molecule has 0 bridgehead atoms. The Labute approximate surface area is 137 Å². The summed E-state index contributed by atoms with van der Waals surface area (Å²) in [5, 5.41) is 7.06. The number of rotatable bonds is 5. The van der Waals surface area contributed by atoms with Crippen LogP contribution in [0.3, 0.4) is 0 Å². The van der Waals surface area contributed by atoms with Gasteiger partial charge in [0.1, 0.15) is 6.61 Å². The summed E-state index contributed by atoms with van der Waals surface area (Å²) in [6.45, 7) is 2.02. The number of ether oxygens (including phenoxy) is 2. The van der Waals surface area contributed by atoms with Gasteiger partial charge in [-0.05, 0) is 19.1 Å². The zero-order chi connectivity index (χ0) is 16.2. The number of aryl methyl sites for hydroxylation is 1. The molecule has 1 aromatic carbocycles. The molecular formula is C16H15N3O3S. The van der Waals surface area contributed by atoms with Crippen LogP contribution in [0.2, 0.25) is 0 Å². The molecule has 6 nitrogen and oxygen atoms in total. The first kappa shape index (κ1) is 15.2. The van der Waals surface area contributed by atoms with Crippen LogP contribution in [0, 0.1) is 6.92 Å². The highest BCUT2D eigenvalue weighted by Gasteiger charge is 2.20. The fourth-order valence-electron chi connectivity index (χ4n) is 2.04. The Morgan fingerprint density at radius 3 is 2.74 bits per heavy atom. The number of carbonyl (C=O) groups is 1. The Bertz CT molecular complexity index is 811. The summed E-state index contributed by atoms with van der Waals surface area (Å²) in [6, 6.07) is 9.48. The van der Waals surface area contributed by atoms with Gasteiger partial charge in [-0.3, -0.25) is 0 Å². The van der Waals surface area contributed by atoms with Gasteiger partial charge in [-0.2, -0.15) is 5.10 Å². The van der Waals surface area contributed by atoms with Crippen molar-refractivity contribution in [2.24, 2.45) is 0 Å². The molecule has 0 saturated carbocycles. The van der Waals surface area contributed by atoms with Crippen LogP contribution in [-0.2, 0) is 11.3 Å². The largest absolute Gasteiger partial charge is 0.493 e. The first-order valence-corrected chi connectivity index (χ1v) is 7.82. The highest BCUT2D eigenvalue weighted by Crippen LogP contribution is 2.21. The monoisotopic (exact) mass is 329 g/mol. The van der Waals surface area contributed by atoms with Gasteiger partial charge in [-0.15, -0.1) is 11.3 Å². The van der Waals surface area contributed by atoms with E-state index in [1.165, 1.54) is 18.4 Å². The zero-order valence-corrected chi connectivity index (χ0v) is 13.5. The summed E-state index contributed by atoms with van der Waals surface area (Å²) in [7, 11) is 1.49. The van der Waals surface area contributed by atoms with Gasteiger partial charge in [0.2, 0.25) is 5.69 Å². The van der Waals surface area contributed by atoms with Gasteiger partial charge in [0.25, 0.3) is 0 Å². The van der Waals surface area contributed by atoms with Crippen molar-refractivity contribution < 1.29 is 14.3 Å². The van der Waals surface area contributed by atoms with E-state index in [9.17, 15) is 4.79 Å². The molecule has 0 aliphatic rings. The van der Waals surface area contributed by atoms with Gasteiger partial charge in [-0.1, -0.05) is 18.2 Å². The number of para-hydroxylation sites is 1. The molecule has 2 heterocycles. The number of aromatic nitrogens is 3. The smallest absolute Gasteiger partial charge is 0.363 e. The molecule has 3 aromatic rings. The van der Waals surface area contributed by atoms with E-state index in [0.717, 1.165) is 16.4 Å². The van der Waals surface area contributed by atoms with Crippen LogP contribution in [0.1, 0.15) is 21.2 Å². The molecule has 0 atom stereocenters. The number of hydrogen-bond donors (Lipinski definition) is 0. The summed E-state index contributed by atoms with van der Waals surface area (Å²) in [5.41, 5.74) is 1.70. The molecule has 0 aliphatic carbocycles. The molecular weight excluding hydrogens is 314 g/mol. The van der Waals surface area contributed by atoms with E-state index in [2.05, 4.69) is 10.1 Å². The van der Waals surface area contributed by atoms with E-state index < -0.39 is 5.97 Å². The number of carbonyl (C=O) groups excluding carboxylic acids is 1. The van der Waals surface area contributed by atoms with Crippen LogP contribution >= 0.6 is 11.3 Å². The van der Waals surface area contributed by atoms with Crippen molar-refractivity contribution in [2.75, 3.05) is 7.11 Å². The zero-order valence-electron chi connectivity index (χ0n) is 12.7. The van der Waals surface area contributed by atoms with Crippen LogP contribution in [0.15, 0.2) is 41.9 Å². The molecule has 7 heteroatoms. The second-order valence-corrected chi connectivity index (χ2v) is 5.82. The molecule has 0 amide bonds. The Hall–Kier alpha value is -2.67. The van der Waals surface area contributed by atoms with Crippen LogP contribution in [0.4, 0.5) is 0 Å². The maximum absolute atomic E-state index is 12.2. The fraction of sp³-hybridized carbons (Fsp3) is 0.188. The number of thiazole rings is 1. The van der Waals surface area contributed by atoms with E-state index in [4.69, 9.17) is 9.47 Å². The fourth-order valence-corrected chi connectivity index (χ4v) is 2.64. The van der Waals surface area contributed by atoms with Crippen LogP contribution in [0.25, 0.3) is 5.69 Å².